The van der Waals surface area contributed by atoms with Crippen LogP contribution in [-0.2, 0) is 0 Å². The Kier molecular flexibility index (Phi) is 4.20. The van der Waals surface area contributed by atoms with E-state index in [0.29, 0.717) is 11.7 Å². The highest BCUT2D eigenvalue weighted by Gasteiger charge is 2.20. The molecule has 0 saturated carbocycles. The van der Waals surface area contributed by atoms with Crippen LogP contribution in [-0.4, -0.2) is 29.0 Å². The predicted molar refractivity (Wildman–Crippen MR) is 75.9 cm³/mol. The van der Waals surface area contributed by atoms with Crippen molar-refractivity contribution in [2.75, 3.05) is 18.4 Å². The molecular weight excluding hydrogens is 329 g/mol. The van der Waals surface area contributed by atoms with Crippen LogP contribution in [0.1, 0.15) is 19.8 Å². The second-order valence-corrected chi connectivity index (χ2v) is 5.73. The highest BCUT2D eigenvalue weighted by atomic mass is 127. The lowest BCUT2D eigenvalue weighted by atomic mass is 10.0. The van der Waals surface area contributed by atoms with E-state index in [4.69, 9.17) is 0 Å². The van der Waals surface area contributed by atoms with Gasteiger partial charge in [0, 0.05) is 22.9 Å². The molecule has 0 aliphatic carbocycles. The van der Waals surface area contributed by atoms with E-state index in [-0.39, 0.29) is 6.03 Å². The maximum Gasteiger partial charge on any atom is 0.323 e. The quantitative estimate of drug-likeness (QED) is 0.796. The van der Waals surface area contributed by atoms with Gasteiger partial charge in [-0.05, 0) is 53.5 Å². The molecule has 92 valence electrons. The number of piperidine rings is 1. The summed E-state index contributed by atoms with van der Waals surface area (Å²) in [6, 6.07) is 3.72. The number of carbonyl (C=O) groups is 1. The van der Waals surface area contributed by atoms with Crippen LogP contribution < -0.4 is 5.32 Å². The van der Waals surface area contributed by atoms with Gasteiger partial charge in [0.15, 0.2) is 0 Å². The molecule has 1 aromatic rings. The third-order valence-electron chi connectivity index (χ3n) is 2.91. The standard InChI is InChI=1S/C12H16IN3O/c1-9-3-2-6-16(8-9)12(17)15-11-5-4-10(13)7-14-11/h4-5,7,9H,2-3,6,8H2,1H3,(H,14,15,17). The highest BCUT2D eigenvalue weighted by Crippen LogP contribution is 2.16. The van der Waals surface area contributed by atoms with Crippen LogP contribution in [0.2, 0.25) is 0 Å². The Morgan fingerprint density at radius 2 is 2.41 bits per heavy atom. The number of likely N-dealkylation sites (tertiary alicyclic amines) is 1. The van der Waals surface area contributed by atoms with Crippen molar-refractivity contribution in [3.05, 3.63) is 21.9 Å². The van der Waals surface area contributed by atoms with Gasteiger partial charge in [-0.3, -0.25) is 5.32 Å². The number of hydrogen-bond donors (Lipinski definition) is 1. The van der Waals surface area contributed by atoms with E-state index < -0.39 is 0 Å². The number of carbonyl (C=O) groups excluding carboxylic acids is 1. The minimum atomic E-state index is -0.0368. The van der Waals surface area contributed by atoms with Gasteiger partial charge >= 0.3 is 6.03 Å². The Morgan fingerprint density at radius 3 is 3.06 bits per heavy atom. The number of halogens is 1. The zero-order valence-electron chi connectivity index (χ0n) is 9.82. The minimum Gasteiger partial charge on any atom is -0.324 e. The molecule has 1 aromatic heterocycles. The normalized spacial score (nSPS) is 20.1. The molecule has 1 saturated heterocycles. The summed E-state index contributed by atoms with van der Waals surface area (Å²) in [4.78, 5) is 18.0. The van der Waals surface area contributed by atoms with Crippen molar-refractivity contribution in [3.8, 4) is 0 Å². The first-order valence-corrected chi connectivity index (χ1v) is 6.90. The van der Waals surface area contributed by atoms with Crippen molar-refractivity contribution in [3.63, 3.8) is 0 Å². The van der Waals surface area contributed by atoms with Crippen LogP contribution in [0.15, 0.2) is 18.3 Å². The van der Waals surface area contributed by atoms with Gasteiger partial charge < -0.3 is 4.90 Å². The summed E-state index contributed by atoms with van der Waals surface area (Å²) in [6.45, 7) is 3.87. The first kappa shape index (κ1) is 12.6. The third-order valence-corrected chi connectivity index (χ3v) is 3.54. The van der Waals surface area contributed by atoms with Crippen molar-refractivity contribution in [2.24, 2.45) is 5.92 Å². The second kappa shape index (κ2) is 5.66. The Morgan fingerprint density at radius 1 is 1.59 bits per heavy atom. The number of amides is 2. The number of hydrogen-bond acceptors (Lipinski definition) is 2. The summed E-state index contributed by atoms with van der Waals surface area (Å²) in [5, 5.41) is 2.83. The van der Waals surface area contributed by atoms with Crippen molar-refractivity contribution in [2.45, 2.75) is 19.8 Å². The van der Waals surface area contributed by atoms with E-state index in [2.05, 4.69) is 39.8 Å². The molecule has 5 heteroatoms. The van der Waals surface area contributed by atoms with E-state index in [9.17, 15) is 4.79 Å². The average Bonchev–Trinajstić information content (AvgIpc) is 2.32. The molecule has 2 heterocycles. The lowest BCUT2D eigenvalue weighted by molar-refractivity contribution is 0.182. The summed E-state index contributed by atoms with van der Waals surface area (Å²) in [5.41, 5.74) is 0. The van der Waals surface area contributed by atoms with Crippen LogP contribution in [0, 0.1) is 9.49 Å². The van der Waals surface area contributed by atoms with Crippen LogP contribution in [0.4, 0.5) is 10.6 Å². The number of urea groups is 1. The SMILES string of the molecule is CC1CCCN(C(=O)Nc2ccc(I)cn2)C1. The molecule has 1 N–H and O–H groups in total. The molecule has 17 heavy (non-hydrogen) atoms. The van der Waals surface area contributed by atoms with Crippen LogP contribution in [0.25, 0.3) is 0 Å². The van der Waals surface area contributed by atoms with Crippen molar-refractivity contribution in [1.82, 2.24) is 9.88 Å². The number of nitrogens with one attached hydrogen (secondary N) is 1. The van der Waals surface area contributed by atoms with Gasteiger partial charge in [0.2, 0.25) is 0 Å². The molecule has 2 rings (SSSR count). The molecular formula is C12H16IN3O. The van der Waals surface area contributed by atoms with E-state index in [1.807, 2.05) is 17.0 Å². The van der Waals surface area contributed by atoms with Crippen LogP contribution in [0.5, 0.6) is 0 Å². The number of pyridine rings is 1. The number of aromatic nitrogens is 1. The number of nitrogens with zero attached hydrogens (tertiary/aromatic N) is 2. The highest BCUT2D eigenvalue weighted by molar-refractivity contribution is 14.1. The Labute approximate surface area is 115 Å². The number of rotatable bonds is 1. The second-order valence-electron chi connectivity index (χ2n) is 4.49. The zero-order valence-corrected chi connectivity index (χ0v) is 12.0. The van der Waals surface area contributed by atoms with Gasteiger partial charge in [-0.1, -0.05) is 6.92 Å². The summed E-state index contributed by atoms with van der Waals surface area (Å²) < 4.78 is 1.06. The van der Waals surface area contributed by atoms with Crippen molar-refractivity contribution in [1.29, 1.82) is 0 Å². The van der Waals surface area contributed by atoms with Gasteiger partial charge in [0.1, 0.15) is 5.82 Å². The summed E-state index contributed by atoms with van der Waals surface area (Å²) >= 11 is 2.19. The average molecular weight is 345 g/mol. The fraction of sp³-hybridized carbons (Fsp3) is 0.500. The zero-order chi connectivity index (χ0) is 12.3. The maximum atomic E-state index is 12.0. The van der Waals surface area contributed by atoms with Gasteiger partial charge in [0.05, 0.1) is 0 Å². The summed E-state index contributed by atoms with van der Waals surface area (Å²) in [5.74, 6) is 1.22. The van der Waals surface area contributed by atoms with Gasteiger partial charge in [0.25, 0.3) is 0 Å². The molecule has 1 aliphatic rings. The maximum absolute atomic E-state index is 12.0. The van der Waals surface area contributed by atoms with Gasteiger partial charge in [-0.25, -0.2) is 9.78 Å². The van der Waals surface area contributed by atoms with E-state index in [0.717, 1.165) is 23.1 Å². The van der Waals surface area contributed by atoms with Crippen molar-refractivity contribution >= 4 is 34.4 Å². The summed E-state index contributed by atoms with van der Waals surface area (Å²) in [7, 11) is 0. The number of anilines is 1. The smallest absolute Gasteiger partial charge is 0.323 e. The molecule has 0 spiro atoms. The van der Waals surface area contributed by atoms with Gasteiger partial charge in [-0.2, -0.15) is 0 Å². The molecule has 1 fully saturated rings. The molecule has 0 aromatic carbocycles. The fourth-order valence-corrected chi connectivity index (χ4v) is 2.33. The Hall–Kier alpha value is -0.850. The Bertz CT molecular complexity index is 393. The Balaban J connectivity index is 1.94. The van der Waals surface area contributed by atoms with E-state index in [1.54, 1.807) is 6.20 Å². The third kappa shape index (κ3) is 3.55. The summed E-state index contributed by atoms with van der Waals surface area (Å²) in [6.07, 6.45) is 4.05. The minimum absolute atomic E-state index is 0.0368. The lowest BCUT2D eigenvalue weighted by Crippen LogP contribution is -2.41. The molecule has 0 radical (unpaired) electrons. The molecule has 0 bridgehead atoms. The molecule has 1 aliphatic heterocycles. The van der Waals surface area contributed by atoms with E-state index >= 15 is 0 Å². The monoisotopic (exact) mass is 345 g/mol. The first-order chi connectivity index (χ1) is 8.15. The lowest BCUT2D eigenvalue weighted by Gasteiger charge is -2.30. The van der Waals surface area contributed by atoms with Crippen molar-refractivity contribution < 1.29 is 4.79 Å². The largest absolute Gasteiger partial charge is 0.324 e. The van der Waals surface area contributed by atoms with Crippen LogP contribution >= 0.6 is 22.6 Å². The molecule has 1 atom stereocenters. The topological polar surface area (TPSA) is 45.2 Å². The predicted octanol–water partition coefficient (Wildman–Crippen LogP) is 2.95. The molecule has 1 unspecified atom stereocenters. The first-order valence-electron chi connectivity index (χ1n) is 5.82. The molecule has 2 amide bonds. The van der Waals surface area contributed by atoms with Gasteiger partial charge in [-0.15, -0.1) is 0 Å². The van der Waals surface area contributed by atoms with E-state index in [1.165, 1.54) is 6.42 Å². The van der Waals surface area contributed by atoms with Crippen LogP contribution in [0.3, 0.4) is 0 Å². The fourth-order valence-electron chi connectivity index (χ4n) is 2.01. The molecule has 4 nitrogen and oxygen atoms in total.